The van der Waals surface area contributed by atoms with E-state index < -0.39 is 6.10 Å². The maximum Gasteiger partial charge on any atom is 0.122 e. The van der Waals surface area contributed by atoms with Gasteiger partial charge in [0.15, 0.2) is 0 Å². The van der Waals surface area contributed by atoms with Crippen LogP contribution >= 0.6 is 0 Å². The first-order chi connectivity index (χ1) is 7.60. The van der Waals surface area contributed by atoms with E-state index in [0.717, 1.165) is 11.3 Å². The second kappa shape index (κ2) is 5.87. The standard InChI is InChI=1S/C13H21NO2/c1-9-5-4-6-12(16-3)13(9)10(2)7-11(15)8-14/h4-6,10-11,15H,7-8,14H2,1-3H3. The molecule has 2 unspecified atom stereocenters. The summed E-state index contributed by atoms with van der Waals surface area (Å²) in [4.78, 5) is 0. The molecule has 0 aliphatic rings. The molecule has 1 rings (SSSR count). The highest BCUT2D eigenvalue weighted by Gasteiger charge is 2.16. The lowest BCUT2D eigenvalue weighted by atomic mass is 9.91. The van der Waals surface area contributed by atoms with E-state index in [1.807, 2.05) is 12.1 Å². The summed E-state index contributed by atoms with van der Waals surface area (Å²) in [5.74, 6) is 1.13. The van der Waals surface area contributed by atoms with E-state index in [0.29, 0.717) is 13.0 Å². The highest BCUT2D eigenvalue weighted by atomic mass is 16.5. The quantitative estimate of drug-likeness (QED) is 0.800. The molecule has 3 nitrogen and oxygen atoms in total. The van der Waals surface area contributed by atoms with E-state index in [4.69, 9.17) is 10.5 Å². The lowest BCUT2D eigenvalue weighted by Crippen LogP contribution is -2.21. The van der Waals surface area contributed by atoms with Crippen LogP contribution in [0.4, 0.5) is 0 Å². The molecule has 0 saturated heterocycles. The Bertz CT molecular complexity index is 339. The Morgan fingerprint density at radius 1 is 1.44 bits per heavy atom. The zero-order valence-electron chi connectivity index (χ0n) is 10.2. The summed E-state index contributed by atoms with van der Waals surface area (Å²) in [6.07, 6.45) is 0.219. The molecule has 0 radical (unpaired) electrons. The van der Waals surface area contributed by atoms with Crippen molar-refractivity contribution in [3.05, 3.63) is 29.3 Å². The lowest BCUT2D eigenvalue weighted by molar-refractivity contribution is 0.164. The second-order valence-corrected chi connectivity index (χ2v) is 4.22. The van der Waals surface area contributed by atoms with E-state index >= 15 is 0 Å². The van der Waals surface area contributed by atoms with Gasteiger partial charge in [-0.3, -0.25) is 0 Å². The molecule has 0 fully saturated rings. The summed E-state index contributed by atoms with van der Waals surface area (Å²) in [5, 5.41) is 9.58. The monoisotopic (exact) mass is 223 g/mol. The fraction of sp³-hybridized carbons (Fsp3) is 0.538. The molecule has 3 heteroatoms. The number of hydrogen-bond donors (Lipinski definition) is 2. The van der Waals surface area contributed by atoms with Gasteiger partial charge in [-0.15, -0.1) is 0 Å². The molecule has 0 aromatic heterocycles. The predicted octanol–water partition coefficient (Wildman–Crippen LogP) is 1.82. The third kappa shape index (κ3) is 2.97. The first kappa shape index (κ1) is 13.0. The number of aryl methyl sites for hydroxylation is 1. The molecule has 0 spiro atoms. The third-order valence-corrected chi connectivity index (χ3v) is 2.89. The summed E-state index contributed by atoms with van der Waals surface area (Å²) < 4.78 is 5.35. The average Bonchev–Trinajstić information content (AvgIpc) is 2.28. The van der Waals surface area contributed by atoms with E-state index in [1.54, 1.807) is 7.11 Å². The van der Waals surface area contributed by atoms with Crippen molar-refractivity contribution >= 4 is 0 Å². The molecule has 0 amide bonds. The molecule has 1 aromatic rings. The molecule has 3 N–H and O–H groups in total. The first-order valence-electron chi connectivity index (χ1n) is 5.61. The summed E-state index contributed by atoms with van der Waals surface area (Å²) in [6.45, 7) is 4.45. The van der Waals surface area contributed by atoms with Crippen LogP contribution in [0, 0.1) is 6.92 Å². The van der Waals surface area contributed by atoms with Crippen LogP contribution in [0.25, 0.3) is 0 Å². The van der Waals surface area contributed by atoms with E-state index in [9.17, 15) is 5.11 Å². The Kier molecular flexibility index (Phi) is 4.77. The SMILES string of the molecule is COc1cccc(C)c1C(C)CC(O)CN. The van der Waals surface area contributed by atoms with E-state index in [1.165, 1.54) is 5.56 Å². The topological polar surface area (TPSA) is 55.5 Å². The molecule has 0 aliphatic heterocycles. The number of nitrogens with two attached hydrogens (primary N) is 1. The van der Waals surface area contributed by atoms with Crippen molar-refractivity contribution in [3.8, 4) is 5.75 Å². The number of methoxy groups -OCH3 is 1. The van der Waals surface area contributed by atoms with Gasteiger partial charge in [-0.2, -0.15) is 0 Å². The molecule has 2 atom stereocenters. The summed E-state index contributed by atoms with van der Waals surface area (Å²) >= 11 is 0. The molecule has 0 bridgehead atoms. The van der Waals surface area contributed by atoms with Crippen LogP contribution in [-0.4, -0.2) is 24.9 Å². The highest BCUT2D eigenvalue weighted by molar-refractivity contribution is 5.42. The molecular weight excluding hydrogens is 202 g/mol. The Hall–Kier alpha value is -1.06. The summed E-state index contributed by atoms with van der Waals surface area (Å²) in [6, 6.07) is 5.99. The number of benzene rings is 1. The average molecular weight is 223 g/mol. The van der Waals surface area contributed by atoms with Gasteiger partial charge in [0.05, 0.1) is 13.2 Å². The minimum Gasteiger partial charge on any atom is -0.496 e. The maximum absolute atomic E-state index is 9.58. The second-order valence-electron chi connectivity index (χ2n) is 4.22. The fourth-order valence-electron chi connectivity index (χ4n) is 2.09. The van der Waals surface area contributed by atoms with Crippen molar-refractivity contribution in [1.82, 2.24) is 0 Å². The van der Waals surface area contributed by atoms with Gasteiger partial charge < -0.3 is 15.6 Å². The minimum atomic E-state index is -0.445. The molecule has 16 heavy (non-hydrogen) atoms. The third-order valence-electron chi connectivity index (χ3n) is 2.89. The summed E-state index contributed by atoms with van der Waals surface area (Å²) in [7, 11) is 1.67. The van der Waals surface area contributed by atoms with Crippen LogP contribution in [0.15, 0.2) is 18.2 Å². The van der Waals surface area contributed by atoms with Crippen LogP contribution in [0.5, 0.6) is 5.75 Å². The predicted molar refractivity (Wildman–Crippen MR) is 65.8 cm³/mol. The normalized spacial score (nSPS) is 14.6. The summed E-state index contributed by atoms with van der Waals surface area (Å²) in [5.41, 5.74) is 7.78. The molecule has 0 aliphatic carbocycles. The highest BCUT2D eigenvalue weighted by Crippen LogP contribution is 2.32. The van der Waals surface area contributed by atoms with Crippen molar-refractivity contribution < 1.29 is 9.84 Å². The van der Waals surface area contributed by atoms with Crippen LogP contribution in [0.3, 0.4) is 0 Å². The van der Waals surface area contributed by atoms with E-state index in [-0.39, 0.29) is 5.92 Å². The Labute approximate surface area is 97.2 Å². The molecule has 0 saturated carbocycles. The van der Waals surface area contributed by atoms with Gasteiger partial charge in [-0.25, -0.2) is 0 Å². The van der Waals surface area contributed by atoms with Crippen molar-refractivity contribution in [3.63, 3.8) is 0 Å². The van der Waals surface area contributed by atoms with Crippen LogP contribution in [0.1, 0.15) is 30.4 Å². The van der Waals surface area contributed by atoms with Crippen LogP contribution in [-0.2, 0) is 0 Å². The number of hydrogen-bond acceptors (Lipinski definition) is 3. The number of rotatable bonds is 5. The Morgan fingerprint density at radius 2 is 2.12 bits per heavy atom. The Balaban J connectivity index is 2.93. The first-order valence-corrected chi connectivity index (χ1v) is 5.61. The molecule has 90 valence electrons. The minimum absolute atomic E-state index is 0.245. The van der Waals surface area contributed by atoms with Crippen molar-refractivity contribution in [2.75, 3.05) is 13.7 Å². The fourth-order valence-corrected chi connectivity index (χ4v) is 2.09. The molecule has 0 heterocycles. The number of ether oxygens (including phenoxy) is 1. The zero-order chi connectivity index (χ0) is 12.1. The number of aliphatic hydroxyl groups is 1. The zero-order valence-corrected chi connectivity index (χ0v) is 10.2. The smallest absolute Gasteiger partial charge is 0.122 e. The van der Waals surface area contributed by atoms with Crippen LogP contribution < -0.4 is 10.5 Å². The maximum atomic E-state index is 9.58. The van der Waals surface area contributed by atoms with Crippen molar-refractivity contribution in [2.24, 2.45) is 5.73 Å². The van der Waals surface area contributed by atoms with Gasteiger partial charge in [-0.05, 0) is 36.5 Å². The van der Waals surface area contributed by atoms with E-state index in [2.05, 4.69) is 19.9 Å². The van der Waals surface area contributed by atoms with Gasteiger partial charge in [0.1, 0.15) is 5.75 Å². The molecule has 1 aromatic carbocycles. The van der Waals surface area contributed by atoms with Gasteiger partial charge >= 0.3 is 0 Å². The van der Waals surface area contributed by atoms with Crippen LogP contribution in [0.2, 0.25) is 0 Å². The van der Waals surface area contributed by atoms with Gasteiger partial charge in [-0.1, -0.05) is 19.1 Å². The number of aliphatic hydroxyl groups excluding tert-OH is 1. The largest absolute Gasteiger partial charge is 0.496 e. The van der Waals surface area contributed by atoms with Gasteiger partial charge in [0.2, 0.25) is 0 Å². The van der Waals surface area contributed by atoms with Crippen molar-refractivity contribution in [1.29, 1.82) is 0 Å². The van der Waals surface area contributed by atoms with Crippen molar-refractivity contribution in [2.45, 2.75) is 32.3 Å². The molecular formula is C13H21NO2. The van der Waals surface area contributed by atoms with Gasteiger partial charge in [0, 0.05) is 6.54 Å². The Morgan fingerprint density at radius 3 is 2.69 bits per heavy atom. The lowest BCUT2D eigenvalue weighted by Gasteiger charge is -2.20. The van der Waals surface area contributed by atoms with Gasteiger partial charge in [0.25, 0.3) is 0 Å².